The monoisotopic (exact) mass is 361 g/mol. The quantitative estimate of drug-likeness (QED) is 0.846. The van der Waals surface area contributed by atoms with Gasteiger partial charge in [-0.2, -0.15) is 0 Å². The van der Waals surface area contributed by atoms with Gasteiger partial charge in [0.15, 0.2) is 0 Å². The fourth-order valence-electron chi connectivity index (χ4n) is 4.50. The lowest BCUT2D eigenvalue weighted by Gasteiger charge is -2.49. The van der Waals surface area contributed by atoms with Crippen molar-refractivity contribution in [3.8, 4) is 5.75 Å². The van der Waals surface area contributed by atoms with Gasteiger partial charge in [-0.05, 0) is 49.4 Å². The van der Waals surface area contributed by atoms with E-state index in [0.29, 0.717) is 19.2 Å². The predicted molar refractivity (Wildman–Crippen MR) is 103 cm³/mol. The Morgan fingerprint density at radius 2 is 2.08 bits per heavy atom. The molecule has 3 aliphatic rings. The molecule has 0 saturated carbocycles. The number of hydrogen-bond donors (Lipinski definition) is 2. The molecule has 3 aliphatic heterocycles. The van der Waals surface area contributed by atoms with Crippen LogP contribution in [0.4, 0.5) is 10.5 Å². The number of piperidine rings is 1. The summed E-state index contributed by atoms with van der Waals surface area (Å²) in [7, 11) is 0. The van der Waals surface area contributed by atoms with E-state index in [0.717, 1.165) is 31.7 Å². The summed E-state index contributed by atoms with van der Waals surface area (Å²) in [6.45, 7) is 9.13. The number of aliphatic hydroxyl groups is 1. The summed E-state index contributed by atoms with van der Waals surface area (Å²) in [6.07, 6.45) is 1.95. The number of benzene rings is 1. The number of aliphatic hydroxyl groups excluding tert-OH is 1. The van der Waals surface area contributed by atoms with Crippen LogP contribution in [-0.4, -0.2) is 61.0 Å². The Labute approximate surface area is 156 Å². The van der Waals surface area contributed by atoms with Crippen molar-refractivity contribution in [3.63, 3.8) is 0 Å². The number of carbonyl (C=O) groups is 1. The molecule has 2 amide bonds. The Morgan fingerprint density at radius 3 is 2.73 bits per heavy atom. The van der Waals surface area contributed by atoms with Crippen molar-refractivity contribution in [2.45, 2.75) is 45.7 Å². The molecule has 3 heterocycles. The highest BCUT2D eigenvalue weighted by atomic mass is 16.5. The average molecular weight is 361 g/mol. The topological polar surface area (TPSA) is 65.0 Å². The molecule has 3 saturated heterocycles. The van der Waals surface area contributed by atoms with Gasteiger partial charge in [-0.1, -0.05) is 13.8 Å². The summed E-state index contributed by atoms with van der Waals surface area (Å²) in [5.74, 6) is 0.889. The Hall–Kier alpha value is -1.95. The van der Waals surface area contributed by atoms with Crippen LogP contribution in [0.3, 0.4) is 0 Å². The minimum atomic E-state index is -0.0611. The smallest absolute Gasteiger partial charge is 0.317 e. The summed E-state index contributed by atoms with van der Waals surface area (Å²) >= 11 is 0. The highest BCUT2D eigenvalue weighted by Crippen LogP contribution is 2.43. The van der Waals surface area contributed by atoms with E-state index in [9.17, 15) is 4.79 Å². The number of rotatable bonds is 5. The van der Waals surface area contributed by atoms with Crippen molar-refractivity contribution < 1.29 is 14.6 Å². The maximum absolute atomic E-state index is 12.5. The third-order valence-corrected chi connectivity index (χ3v) is 5.66. The van der Waals surface area contributed by atoms with Gasteiger partial charge in [0.25, 0.3) is 0 Å². The van der Waals surface area contributed by atoms with Gasteiger partial charge >= 0.3 is 6.03 Å². The standard InChI is InChI=1S/C20H31N3O3/c1-4-26-17-7-5-15(6-8-17)23-14-16-13-20(2,3)18(23)9-11-22(16)19(25)21-10-12-24/h5-8,16,18,24H,4,9-14H2,1-3H3,(H,21,25)/t16?,18-/m0/s1. The van der Waals surface area contributed by atoms with E-state index in [1.165, 1.54) is 5.69 Å². The van der Waals surface area contributed by atoms with E-state index in [1.807, 2.05) is 24.0 Å². The maximum Gasteiger partial charge on any atom is 0.317 e. The zero-order chi connectivity index (χ0) is 18.7. The molecule has 0 aromatic heterocycles. The predicted octanol–water partition coefficient (Wildman–Crippen LogP) is 2.47. The molecular formula is C20H31N3O3. The van der Waals surface area contributed by atoms with Gasteiger partial charge in [-0.25, -0.2) is 4.79 Å². The second-order valence-electron chi connectivity index (χ2n) is 7.88. The summed E-state index contributed by atoms with van der Waals surface area (Å²) in [6, 6.07) is 8.80. The molecule has 1 aromatic carbocycles. The van der Waals surface area contributed by atoms with Gasteiger partial charge in [0.05, 0.1) is 19.3 Å². The molecule has 2 bridgehead atoms. The van der Waals surface area contributed by atoms with E-state index >= 15 is 0 Å². The van der Waals surface area contributed by atoms with Crippen molar-refractivity contribution in [2.24, 2.45) is 5.41 Å². The molecule has 6 heteroatoms. The van der Waals surface area contributed by atoms with Gasteiger partial charge in [0.2, 0.25) is 0 Å². The Balaban J connectivity index is 1.82. The first-order valence-corrected chi connectivity index (χ1v) is 9.61. The second-order valence-corrected chi connectivity index (χ2v) is 7.88. The third-order valence-electron chi connectivity index (χ3n) is 5.66. The Bertz CT molecular complexity index is 617. The first-order chi connectivity index (χ1) is 12.5. The molecule has 0 radical (unpaired) electrons. The van der Waals surface area contributed by atoms with Crippen LogP contribution in [0.5, 0.6) is 5.75 Å². The molecule has 4 rings (SSSR count). The minimum absolute atomic E-state index is 0.0311. The molecule has 2 N–H and O–H groups in total. The van der Waals surface area contributed by atoms with Crippen molar-refractivity contribution in [2.75, 3.05) is 37.7 Å². The third kappa shape index (κ3) is 3.75. The number of fused-ring (bicyclic) bond motifs is 4. The summed E-state index contributed by atoms with van der Waals surface area (Å²) in [4.78, 5) is 17.0. The molecule has 2 atom stereocenters. The fraction of sp³-hybridized carbons (Fsp3) is 0.650. The molecule has 26 heavy (non-hydrogen) atoms. The van der Waals surface area contributed by atoms with Crippen LogP contribution in [-0.2, 0) is 0 Å². The van der Waals surface area contributed by atoms with E-state index < -0.39 is 0 Å². The second kappa shape index (κ2) is 7.74. The summed E-state index contributed by atoms with van der Waals surface area (Å²) < 4.78 is 5.56. The van der Waals surface area contributed by atoms with Crippen LogP contribution in [0.15, 0.2) is 24.3 Å². The molecule has 1 unspecified atom stereocenters. The van der Waals surface area contributed by atoms with Crippen molar-refractivity contribution in [1.29, 1.82) is 0 Å². The first-order valence-electron chi connectivity index (χ1n) is 9.61. The highest BCUT2D eigenvalue weighted by Gasteiger charge is 2.47. The largest absolute Gasteiger partial charge is 0.494 e. The lowest BCUT2D eigenvalue weighted by molar-refractivity contribution is 0.145. The summed E-state index contributed by atoms with van der Waals surface area (Å²) in [5.41, 5.74) is 1.32. The molecule has 0 spiro atoms. The minimum Gasteiger partial charge on any atom is -0.494 e. The number of carbonyl (C=O) groups excluding carboxylic acids is 1. The molecular weight excluding hydrogens is 330 g/mol. The lowest BCUT2D eigenvalue weighted by Crippen LogP contribution is -2.57. The van der Waals surface area contributed by atoms with Crippen molar-refractivity contribution >= 4 is 11.7 Å². The fourth-order valence-corrected chi connectivity index (χ4v) is 4.50. The maximum atomic E-state index is 12.5. The number of anilines is 1. The molecule has 144 valence electrons. The lowest BCUT2D eigenvalue weighted by atomic mass is 9.74. The van der Waals surface area contributed by atoms with E-state index in [-0.39, 0.29) is 24.1 Å². The van der Waals surface area contributed by atoms with E-state index in [4.69, 9.17) is 9.84 Å². The molecule has 0 aliphatic carbocycles. The van der Waals surface area contributed by atoms with Gasteiger partial charge in [-0.3, -0.25) is 0 Å². The number of nitrogens with zero attached hydrogens (tertiary/aromatic N) is 2. The van der Waals surface area contributed by atoms with Crippen LogP contribution >= 0.6 is 0 Å². The zero-order valence-corrected chi connectivity index (χ0v) is 16.1. The Morgan fingerprint density at radius 1 is 1.35 bits per heavy atom. The number of hydrogen-bond acceptors (Lipinski definition) is 4. The Kier molecular flexibility index (Phi) is 5.61. The van der Waals surface area contributed by atoms with Gasteiger partial charge in [0, 0.05) is 31.4 Å². The molecule has 1 aromatic rings. The van der Waals surface area contributed by atoms with E-state index in [2.05, 4.69) is 36.2 Å². The van der Waals surface area contributed by atoms with Gasteiger partial charge < -0.3 is 25.0 Å². The highest BCUT2D eigenvalue weighted by molar-refractivity contribution is 5.75. The average Bonchev–Trinajstić information content (AvgIpc) is 2.87. The van der Waals surface area contributed by atoms with Gasteiger partial charge in [-0.15, -0.1) is 0 Å². The molecule has 6 nitrogen and oxygen atoms in total. The summed E-state index contributed by atoms with van der Waals surface area (Å²) in [5, 5.41) is 11.8. The SMILES string of the molecule is CCOc1ccc(N2CC3CC(C)(C)[C@@H]2CCN3C(=O)NCCO)cc1. The number of urea groups is 1. The van der Waals surface area contributed by atoms with Crippen LogP contribution in [0.25, 0.3) is 0 Å². The normalized spacial score (nSPS) is 24.3. The van der Waals surface area contributed by atoms with Gasteiger partial charge in [0.1, 0.15) is 5.75 Å². The zero-order valence-electron chi connectivity index (χ0n) is 16.1. The van der Waals surface area contributed by atoms with Crippen LogP contribution in [0.2, 0.25) is 0 Å². The van der Waals surface area contributed by atoms with E-state index in [1.54, 1.807) is 0 Å². The van der Waals surface area contributed by atoms with Crippen LogP contribution in [0, 0.1) is 5.41 Å². The number of ether oxygens (including phenoxy) is 1. The van der Waals surface area contributed by atoms with Crippen molar-refractivity contribution in [3.05, 3.63) is 24.3 Å². The van der Waals surface area contributed by atoms with Crippen LogP contribution < -0.4 is 15.0 Å². The van der Waals surface area contributed by atoms with Crippen molar-refractivity contribution in [1.82, 2.24) is 10.2 Å². The molecule has 3 fully saturated rings. The number of nitrogens with one attached hydrogen (secondary N) is 1. The first kappa shape index (κ1) is 18.8. The van der Waals surface area contributed by atoms with Crippen LogP contribution in [0.1, 0.15) is 33.6 Å². The number of amides is 2.